The number of benzene rings is 2. The van der Waals surface area contributed by atoms with E-state index in [2.05, 4.69) is 76.5 Å². The molecule has 1 heteroatoms. The van der Waals surface area contributed by atoms with Gasteiger partial charge in [0.15, 0.2) is 0 Å². The molecule has 0 heterocycles. The lowest BCUT2D eigenvalue weighted by molar-refractivity contribution is 0.247. The zero-order chi connectivity index (χ0) is 14.0. The molecule has 19 heavy (non-hydrogen) atoms. The minimum absolute atomic E-state index is 0.243. The Balaban J connectivity index is 2.65. The number of fused-ring (bicyclic) bond motifs is 1. The lowest BCUT2D eigenvalue weighted by atomic mass is 9.77. The minimum Gasteiger partial charge on any atom is -0.313 e. The summed E-state index contributed by atoms with van der Waals surface area (Å²) in [5.74, 6) is 0. The van der Waals surface area contributed by atoms with E-state index >= 15 is 0 Å². The molecule has 0 saturated heterocycles. The summed E-state index contributed by atoms with van der Waals surface area (Å²) in [7, 11) is 2.07. The third-order valence-corrected chi connectivity index (χ3v) is 4.47. The Morgan fingerprint density at radius 3 is 2.26 bits per heavy atom. The van der Waals surface area contributed by atoms with E-state index in [0.29, 0.717) is 6.04 Å². The van der Waals surface area contributed by atoms with Crippen molar-refractivity contribution in [3.05, 3.63) is 47.5 Å². The first-order valence-electron chi connectivity index (χ1n) is 7.16. The van der Waals surface area contributed by atoms with Gasteiger partial charge < -0.3 is 5.32 Å². The first kappa shape index (κ1) is 14.1. The first-order chi connectivity index (χ1) is 9.01. The molecule has 0 amide bonds. The normalized spacial score (nSPS) is 13.7. The largest absolute Gasteiger partial charge is 0.313 e. The number of rotatable bonds is 4. The Morgan fingerprint density at radius 1 is 1.05 bits per heavy atom. The number of hydrogen-bond donors (Lipinski definition) is 1. The summed E-state index contributed by atoms with van der Waals surface area (Å²) in [5.41, 5.74) is 3.01. The van der Waals surface area contributed by atoms with Crippen molar-refractivity contribution in [3.8, 4) is 0 Å². The average Bonchev–Trinajstić information content (AvgIpc) is 2.42. The summed E-state index contributed by atoms with van der Waals surface area (Å²) in [4.78, 5) is 0. The summed E-state index contributed by atoms with van der Waals surface area (Å²) >= 11 is 0. The number of hydrogen-bond acceptors (Lipinski definition) is 1. The molecular weight excluding hydrogens is 230 g/mol. The fraction of sp³-hybridized carbons (Fsp3) is 0.444. The van der Waals surface area contributed by atoms with Gasteiger partial charge in [0.25, 0.3) is 0 Å². The van der Waals surface area contributed by atoms with Gasteiger partial charge in [0.2, 0.25) is 0 Å². The molecule has 1 nitrogen and oxygen atoms in total. The van der Waals surface area contributed by atoms with Crippen LogP contribution in [0.5, 0.6) is 0 Å². The zero-order valence-corrected chi connectivity index (χ0v) is 12.7. The van der Waals surface area contributed by atoms with Crippen molar-refractivity contribution in [2.45, 2.75) is 40.2 Å². The standard InChI is InChI=1S/C18H25N/c1-6-18(3,4)17(19-5)16-12-11-13(2)14-9-7-8-10-15(14)16/h7-12,17,19H,6H2,1-5H3. The molecular formula is C18H25N. The molecule has 1 atom stereocenters. The average molecular weight is 255 g/mol. The van der Waals surface area contributed by atoms with Crippen molar-refractivity contribution < 1.29 is 0 Å². The number of nitrogens with one attached hydrogen (secondary N) is 1. The third-order valence-electron chi connectivity index (χ3n) is 4.47. The molecule has 0 aromatic heterocycles. The zero-order valence-electron chi connectivity index (χ0n) is 12.7. The maximum atomic E-state index is 3.52. The minimum atomic E-state index is 0.243. The van der Waals surface area contributed by atoms with E-state index in [9.17, 15) is 0 Å². The van der Waals surface area contributed by atoms with Crippen LogP contribution in [0.3, 0.4) is 0 Å². The SMILES string of the molecule is CCC(C)(C)C(NC)c1ccc(C)c2ccccc12. The van der Waals surface area contributed by atoms with E-state index in [0.717, 1.165) is 6.42 Å². The predicted molar refractivity (Wildman–Crippen MR) is 84.6 cm³/mol. The molecule has 1 unspecified atom stereocenters. The van der Waals surface area contributed by atoms with Crippen molar-refractivity contribution in [1.29, 1.82) is 0 Å². The molecule has 2 aromatic carbocycles. The highest BCUT2D eigenvalue weighted by atomic mass is 14.9. The molecule has 2 aromatic rings. The van der Waals surface area contributed by atoms with Gasteiger partial charge in [-0.3, -0.25) is 0 Å². The van der Waals surface area contributed by atoms with E-state index < -0.39 is 0 Å². The maximum absolute atomic E-state index is 3.52. The molecule has 1 N–H and O–H groups in total. The first-order valence-corrected chi connectivity index (χ1v) is 7.16. The monoisotopic (exact) mass is 255 g/mol. The van der Waals surface area contributed by atoms with Crippen LogP contribution in [0.4, 0.5) is 0 Å². The summed E-state index contributed by atoms with van der Waals surface area (Å²) in [6.07, 6.45) is 1.15. The molecule has 0 aliphatic rings. The van der Waals surface area contributed by atoms with Gasteiger partial charge >= 0.3 is 0 Å². The van der Waals surface area contributed by atoms with E-state index in [4.69, 9.17) is 0 Å². The Hall–Kier alpha value is -1.34. The fourth-order valence-electron chi connectivity index (χ4n) is 2.90. The lowest BCUT2D eigenvalue weighted by Crippen LogP contribution is -2.31. The highest BCUT2D eigenvalue weighted by Crippen LogP contribution is 2.39. The van der Waals surface area contributed by atoms with Crippen LogP contribution in [0, 0.1) is 12.3 Å². The molecule has 2 rings (SSSR count). The second kappa shape index (κ2) is 5.34. The van der Waals surface area contributed by atoms with Crippen molar-refractivity contribution in [1.82, 2.24) is 5.32 Å². The Morgan fingerprint density at radius 2 is 1.68 bits per heavy atom. The molecule has 0 aliphatic carbocycles. The van der Waals surface area contributed by atoms with Crippen molar-refractivity contribution in [3.63, 3.8) is 0 Å². The second-order valence-corrected chi connectivity index (χ2v) is 6.08. The molecule has 0 saturated carbocycles. The van der Waals surface area contributed by atoms with Crippen molar-refractivity contribution >= 4 is 10.8 Å². The Labute approximate surface area is 117 Å². The maximum Gasteiger partial charge on any atom is 0.0375 e. The lowest BCUT2D eigenvalue weighted by Gasteiger charge is -2.34. The van der Waals surface area contributed by atoms with Crippen LogP contribution in [-0.4, -0.2) is 7.05 Å². The van der Waals surface area contributed by atoms with E-state index in [1.54, 1.807) is 0 Å². The molecule has 102 valence electrons. The van der Waals surface area contributed by atoms with E-state index in [1.165, 1.54) is 21.9 Å². The molecule has 0 aliphatic heterocycles. The quantitative estimate of drug-likeness (QED) is 0.824. The van der Waals surface area contributed by atoms with Crippen LogP contribution in [0.25, 0.3) is 10.8 Å². The summed E-state index contributed by atoms with van der Waals surface area (Å²) in [5, 5.41) is 6.27. The fourth-order valence-corrected chi connectivity index (χ4v) is 2.90. The molecule has 0 fully saturated rings. The molecule has 0 spiro atoms. The van der Waals surface area contributed by atoms with Gasteiger partial charge in [-0.1, -0.05) is 57.2 Å². The molecule has 0 bridgehead atoms. The van der Waals surface area contributed by atoms with E-state index in [1.807, 2.05) is 0 Å². The third kappa shape index (κ3) is 2.52. The Bertz CT molecular complexity index is 569. The second-order valence-electron chi connectivity index (χ2n) is 6.08. The summed E-state index contributed by atoms with van der Waals surface area (Å²) in [6, 6.07) is 13.6. The highest BCUT2D eigenvalue weighted by molar-refractivity contribution is 5.89. The summed E-state index contributed by atoms with van der Waals surface area (Å²) < 4.78 is 0. The predicted octanol–water partition coefficient (Wildman–Crippen LogP) is 4.84. The van der Waals surface area contributed by atoms with Crippen LogP contribution >= 0.6 is 0 Å². The highest BCUT2D eigenvalue weighted by Gasteiger charge is 2.28. The van der Waals surface area contributed by atoms with Crippen LogP contribution in [-0.2, 0) is 0 Å². The van der Waals surface area contributed by atoms with Crippen LogP contribution in [0.1, 0.15) is 44.4 Å². The van der Waals surface area contributed by atoms with Gasteiger partial charge in [0.05, 0.1) is 0 Å². The van der Waals surface area contributed by atoms with Gasteiger partial charge in [0.1, 0.15) is 0 Å². The van der Waals surface area contributed by atoms with Crippen molar-refractivity contribution in [2.75, 3.05) is 7.05 Å². The topological polar surface area (TPSA) is 12.0 Å². The van der Waals surface area contributed by atoms with E-state index in [-0.39, 0.29) is 5.41 Å². The molecule has 0 radical (unpaired) electrons. The number of aryl methyl sites for hydroxylation is 1. The van der Waals surface area contributed by atoms with Crippen LogP contribution in [0.15, 0.2) is 36.4 Å². The van der Waals surface area contributed by atoms with Gasteiger partial charge in [0, 0.05) is 6.04 Å². The van der Waals surface area contributed by atoms with Gasteiger partial charge in [-0.2, -0.15) is 0 Å². The van der Waals surface area contributed by atoms with Gasteiger partial charge in [-0.05, 0) is 47.7 Å². The van der Waals surface area contributed by atoms with Crippen LogP contribution < -0.4 is 5.32 Å². The van der Waals surface area contributed by atoms with Gasteiger partial charge in [-0.15, -0.1) is 0 Å². The van der Waals surface area contributed by atoms with Crippen molar-refractivity contribution in [2.24, 2.45) is 5.41 Å². The smallest absolute Gasteiger partial charge is 0.0375 e. The van der Waals surface area contributed by atoms with Gasteiger partial charge in [-0.25, -0.2) is 0 Å². The summed E-state index contributed by atoms with van der Waals surface area (Å²) in [6.45, 7) is 9.12. The van der Waals surface area contributed by atoms with Crippen LogP contribution in [0.2, 0.25) is 0 Å². The Kier molecular flexibility index (Phi) is 3.96.